The predicted molar refractivity (Wildman–Crippen MR) is 106 cm³/mol. The van der Waals surface area contributed by atoms with Crippen LogP contribution in [0.4, 0.5) is 0 Å². The van der Waals surface area contributed by atoms with Crippen LogP contribution in [0.2, 0.25) is 0 Å². The highest BCUT2D eigenvalue weighted by atomic mass is 16.2. The summed E-state index contributed by atoms with van der Waals surface area (Å²) in [6.07, 6.45) is 6.69. The maximum Gasteiger partial charge on any atom is 0.271 e. The van der Waals surface area contributed by atoms with Gasteiger partial charge in [-0.25, -0.2) is 4.98 Å². The van der Waals surface area contributed by atoms with Crippen LogP contribution in [0.5, 0.6) is 0 Å². The first kappa shape index (κ1) is 18.6. The van der Waals surface area contributed by atoms with Crippen LogP contribution in [-0.2, 0) is 0 Å². The summed E-state index contributed by atoms with van der Waals surface area (Å²) in [5.74, 6) is -0.0699. The molecule has 1 aromatic carbocycles. The zero-order chi connectivity index (χ0) is 19.8. The average Bonchev–Trinajstić information content (AvgIpc) is 2.91. The van der Waals surface area contributed by atoms with Crippen molar-refractivity contribution in [2.24, 2.45) is 0 Å². The lowest BCUT2D eigenvalue weighted by atomic mass is 9.95. The van der Waals surface area contributed by atoms with Gasteiger partial charge in [-0.2, -0.15) is 0 Å². The van der Waals surface area contributed by atoms with Crippen molar-refractivity contribution in [1.82, 2.24) is 20.2 Å². The quantitative estimate of drug-likeness (QED) is 0.891. The van der Waals surface area contributed by atoms with Crippen LogP contribution in [0.15, 0.2) is 30.6 Å². The molecule has 1 N–H and O–H groups in total. The zero-order valence-electron chi connectivity index (χ0n) is 16.6. The monoisotopic (exact) mass is 378 g/mol. The SMILES string of the molecule is Cc1cc(C)cc(C(=O)N2C3CCC2CC(NC(=O)c2cnc(C)cn2)C3)c1. The van der Waals surface area contributed by atoms with Gasteiger partial charge in [-0.1, -0.05) is 17.2 Å². The number of hydrogen-bond donors (Lipinski definition) is 1. The topological polar surface area (TPSA) is 75.2 Å². The molecule has 146 valence electrons. The maximum atomic E-state index is 13.2. The van der Waals surface area contributed by atoms with E-state index in [4.69, 9.17) is 0 Å². The molecule has 2 fully saturated rings. The Morgan fingerprint density at radius 2 is 1.61 bits per heavy atom. The number of rotatable bonds is 3. The van der Waals surface area contributed by atoms with Gasteiger partial charge in [0.05, 0.1) is 11.9 Å². The zero-order valence-corrected chi connectivity index (χ0v) is 16.6. The Kier molecular flexibility index (Phi) is 4.87. The number of piperidine rings is 1. The molecule has 2 aromatic rings. The summed E-state index contributed by atoms with van der Waals surface area (Å²) < 4.78 is 0. The van der Waals surface area contributed by atoms with Gasteiger partial charge in [0, 0.05) is 29.9 Å². The highest BCUT2D eigenvalue weighted by molar-refractivity contribution is 5.95. The summed E-state index contributed by atoms with van der Waals surface area (Å²) in [5, 5.41) is 3.09. The molecule has 2 amide bonds. The molecule has 3 heterocycles. The summed E-state index contributed by atoms with van der Waals surface area (Å²) in [5.41, 5.74) is 4.11. The van der Waals surface area contributed by atoms with Crippen LogP contribution in [0.3, 0.4) is 0 Å². The molecule has 28 heavy (non-hydrogen) atoms. The Morgan fingerprint density at radius 1 is 0.964 bits per heavy atom. The Bertz CT molecular complexity index is 875. The minimum Gasteiger partial charge on any atom is -0.348 e. The van der Waals surface area contributed by atoms with Gasteiger partial charge in [0.25, 0.3) is 11.8 Å². The number of aromatic nitrogens is 2. The summed E-state index contributed by atoms with van der Waals surface area (Å²) in [4.78, 5) is 36.0. The van der Waals surface area contributed by atoms with Crippen molar-refractivity contribution < 1.29 is 9.59 Å². The number of nitrogens with zero attached hydrogens (tertiary/aromatic N) is 3. The minimum atomic E-state index is -0.189. The number of hydrogen-bond acceptors (Lipinski definition) is 4. The molecule has 6 nitrogen and oxygen atoms in total. The highest BCUT2D eigenvalue weighted by Crippen LogP contribution is 2.37. The smallest absolute Gasteiger partial charge is 0.271 e. The first-order chi connectivity index (χ1) is 13.4. The summed E-state index contributed by atoms with van der Waals surface area (Å²) >= 11 is 0. The Balaban J connectivity index is 1.45. The van der Waals surface area contributed by atoms with E-state index in [0.717, 1.165) is 48.1 Å². The third kappa shape index (κ3) is 3.63. The highest BCUT2D eigenvalue weighted by Gasteiger charge is 2.43. The lowest BCUT2D eigenvalue weighted by molar-refractivity contribution is 0.0549. The second-order valence-corrected chi connectivity index (χ2v) is 8.16. The molecule has 2 bridgehead atoms. The molecular weight excluding hydrogens is 352 g/mol. The number of amides is 2. The van der Waals surface area contributed by atoms with Gasteiger partial charge in [-0.3, -0.25) is 14.6 Å². The van der Waals surface area contributed by atoms with Gasteiger partial charge in [0.2, 0.25) is 0 Å². The molecular formula is C22H26N4O2. The molecule has 2 unspecified atom stereocenters. The van der Waals surface area contributed by atoms with E-state index in [1.54, 1.807) is 6.20 Å². The van der Waals surface area contributed by atoms with Crippen LogP contribution in [0.1, 0.15) is 63.4 Å². The minimum absolute atomic E-state index is 0.0661. The first-order valence-electron chi connectivity index (χ1n) is 9.91. The number of benzene rings is 1. The van der Waals surface area contributed by atoms with Crippen LogP contribution in [0, 0.1) is 20.8 Å². The van der Waals surface area contributed by atoms with E-state index in [1.165, 1.54) is 6.20 Å². The number of nitrogens with one attached hydrogen (secondary N) is 1. The van der Waals surface area contributed by atoms with Gasteiger partial charge < -0.3 is 10.2 Å². The van der Waals surface area contributed by atoms with Crippen LogP contribution >= 0.6 is 0 Å². The van der Waals surface area contributed by atoms with Gasteiger partial charge in [0.15, 0.2) is 0 Å². The van der Waals surface area contributed by atoms with E-state index < -0.39 is 0 Å². The first-order valence-corrected chi connectivity index (χ1v) is 9.91. The fraction of sp³-hybridized carbons (Fsp3) is 0.455. The third-order valence-corrected chi connectivity index (χ3v) is 5.79. The number of carbonyl (C=O) groups is 2. The summed E-state index contributed by atoms with van der Waals surface area (Å²) in [6.45, 7) is 5.89. The molecule has 0 spiro atoms. The number of fused-ring (bicyclic) bond motifs is 2. The maximum absolute atomic E-state index is 13.2. The number of carbonyl (C=O) groups excluding carboxylic acids is 2. The van der Waals surface area contributed by atoms with Gasteiger partial charge in [0.1, 0.15) is 5.69 Å². The fourth-order valence-corrected chi connectivity index (χ4v) is 4.64. The summed E-state index contributed by atoms with van der Waals surface area (Å²) in [7, 11) is 0. The summed E-state index contributed by atoms with van der Waals surface area (Å²) in [6, 6.07) is 6.46. The molecule has 2 saturated heterocycles. The van der Waals surface area contributed by atoms with E-state index in [1.807, 2.05) is 32.9 Å². The molecule has 2 aliphatic rings. The van der Waals surface area contributed by atoms with Crippen LogP contribution < -0.4 is 5.32 Å². The second kappa shape index (κ2) is 7.34. The molecule has 0 saturated carbocycles. The number of aryl methyl sites for hydroxylation is 3. The van der Waals surface area contributed by atoms with Crippen molar-refractivity contribution in [2.75, 3.05) is 0 Å². The molecule has 0 radical (unpaired) electrons. The molecule has 2 atom stereocenters. The Labute approximate surface area is 165 Å². The van der Waals surface area contributed by atoms with Crippen molar-refractivity contribution in [3.63, 3.8) is 0 Å². The standard InChI is InChI=1S/C22H26N4O2/c1-13-6-14(2)8-16(7-13)22(28)26-18-4-5-19(26)10-17(9-18)25-21(27)20-12-23-15(3)11-24-20/h6-8,11-12,17-19H,4-5,9-10H2,1-3H3,(H,25,27). The normalized spacial score (nSPS) is 23.5. The lowest BCUT2D eigenvalue weighted by Gasteiger charge is -2.39. The van der Waals surface area contributed by atoms with E-state index in [0.29, 0.717) is 5.69 Å². The van der Waals surface area contributed by atoms with Gasteiger partial charge >= 0.3 is 0 Å². The average molecular weight is 378 g/mol. The fourth-order valence-electron chi connectivity index (χ4n) is 4.64. The van der Waals surface area contributed by atoms with Crippen molar-refractivity contribution in [3.8, 4) is 0 Å². The molecule has 2 aliphatic heterocycles. The van der Waals surface area contributed by atoms with Crippen LogP contribution in [0.25, 0.3) is 0 Å². The van der Waals surface area contributed by atoms with E-state index in [9.17, 15) is 9.59 Å². The van der Waals surface area contributed by atoms with E-state index >= 15 is 0 Å². The Hall–Kier alpha value is -2.76. The Morgan fingerprint density at radius 3 is 2.18 bits per heavy atom. The van der Waals surface area contributed by atoms with Crippen molar-refractivity contribution >= 4 is 11.8 Å². The van der Waals surface area contributed by atoms with Crippen LogP contribution in [-0.4, -0.2) is 44.8 Å². The predicted octanol–water partition coefficient (Wildman–Crippen LogP) is 2.97. The largest absolute Gasteiger partial charge is 0.348 e. The van der Waals surface area contributed by atoms with Crippen molar-refractivity contribution in [3.05, 3.63) is 58.7 Å². The van der Waals surface area contributed by atoms with Gasteiger partial charge in [-0.05, 0) is 58.6 Å². The van der Waals surface area contributed by atoms with E-state index in [2.05, 4.69) is 26.3 Å². The lowest BCUT2D eigenvalue weighted by Crippen LogP contribution is -2.52. The van der Waals surface area contributed by atoms with Gasteiger partial charge in [-0.15, -0.1) is 0 Å². The molecule has 1 aromatic heterocycles. The van der Waals surface area contributed by atoms with E-state index in [-0.39, 0.29) is 29.9 Å². The van der Waals surface area contributed by atoms with Crippen molar-refractivity contribution in [2.45, 2.75) is 64.6 Å². The second-order valence-electron chi connectivity index (χ2n) is 8.16. The molecule has 0 aliphatic carbocycles. The molecule has 4 rings (SSSR count). The molecule has 6 heteroatoms. The third-order valence-electron chi connectivity index (χ3n) is 5.79. The van der Waals surface area contributed by atoms with Crippen molar-refractivity contribution in [1.29, 1.82) is 0 Å².